The molecule has 1 N–H and O–H groups in total. The van der Waals surface area contributed by atoms with Crippen LogP contribution in [0.15, 0.2) is 42.3 Å². The summed E-state index contributed by atoms with van der Waals surface area (Å²) in [5.41, 5.74) is 2.91. The Morgan fingerprint density at radius 2 is 2.08 bits per heavy atom. The Kier molecular flexibility index (Phi) is 6.19. The Bertz CT molecular complexity index is 793. The lowest BCUT2D eigenvalue weighted by Crippen LogP contribution is -2.33. The number of nitrogens with zero attached hydrogens (tertiary/aromatic N) is 4. The number of rotatable bonds is 8. The lowest BCUT2D eigenvalue weighted by atomic mass is 10.1. The molecule has 0 aromatic carbocycles. The van der Waals surface area contributed by atoms with Crippen LogP contribution in [0.3, 0.4) is 0 Å². The van der Waals surface area contributed by atoms with E-state index in [9.17, 15) is 5.21 Å². The van der Waals surface area contributed by atoms with E-state index in [1.54, 1.807) is 35.5 Å². The largest absolute Gasteiger partial charge is 0.740 e. The normalized spacial score (nSPS) is 10.8. The summed E-state index contributed by atoms with van der Waals surface area (Å²) >= 11 is 3.44. The molecule has 3 heterocycles. The van der Waals surface area contributed by atoms with Gasteiger partial charge in [0.25, 0.3) is 0 Å². The molecular weight excluding hydrogens is 354 g/mol. The third-order valence-electron chi connectivity index (χ3n) is 3.46. The number of hydrogen-bond donors (Lipinski definition) is 1. The number of pyridine rings is 1. The number of thioether (sulfide) groups is 1. The molecular formula is C17H19N5OS2. The third kappa shape index (κ3) is 5.40. The van der Waals surface area contributed by atoms with Crippen molar-refractivity contribution in [3.63, 3.8) is 0 Å². The average Bonchev–Trinajstić information content (AvgIpc) is 3.12. The van der Waals surface area contributed by atoms with Crippen molar-refractivity contribution in [3.8, 4) is 0 Å². The van der Waals surface area contributed by atoms with E-state index in [-0.39, 0.29) is 0 Å². The monoisotopic (exact) mass is 373 g/mol. The Morgan fingerprint density at radius 3 is 2.80 bits per heavy atom. The van der Waals surface area contributed by atoms with Crippen LogP contribution in [0.25, 0.3) is 0 Å². The highest BCUT2D eigenvalue weighted by Crippen LogP contribution is 2.14. The second kappa shape index (κ2) is 8.77. The highest BCUT2D eigenvalue weighted by Gasteiger charge is 2.08. The van der Waals surface area contributed by atoms with Crippen molar-refractivity contribution >= 4 is 29.0 Å². The van der Waals surface area contributed by atoms with Gasteiger partial charge in [0.15, 0.2) is 0 Å². The quantitative estimate of drug-likeness (QED) is 0.372. The third-order valence-corrected chi connectivity index (χ3v) is 5.40. The Hall–Kier alpha value is -2.19. The predicted molar refractivity (Wildman–Crippen MR) is 102 cm³/mol. The molecule has 0 saturated carbocycles. The second-order valence-corrected chi connectivity index (χ2v) is 7.59. The van der Waals surface area contributed by atoms with E-state index in [4.69, 9.17) is 0 Å². The summed E-state index contributed by atoms with van der Waals surface area (Å²) in [7, 11) is 0. The molecule has 3 aromatic rings. The van der Waals surface area contributed by atoms with Gasteiger partial charge in [0.05, 0.1) is 12.7 Å². The first-order valence-electron chi connectivity index (χ1n) is 7.90. The molecule has 0 aliphatic rings. The van der Waals surface area contributed by atoms with Gasteiger partial charge in [0.2, 0.25) is 0 Å². The minimum absolute atomic E-state index is 0.334. The molecule has 0 aliphatic carbocycles. The maximum atomic E-state index is 12.1. The molecule has 8 heteroatoms. The number of aromatic nitrogens is 4. The first-order chi connectivity index (χ1) is 12.2. The summed E-state index contributed by atoms with van der Waals surface area (Å²) in [4.78, 5) is 12.7. The zero-order valence-electron chi connectivity index (χ0n) is 13.9. The molecule has 0 spiro atoms. The molecule has 0 unspecified atom stereocenters. The highest BCUT2D eigenvalue weighted by molar-refractivity contribution is 7.98. The predicted octanol–water partition coefficient (Wildman–Crippen LogP) is 2.81. The summed E-state index contributed by atoms with van der Waals surface area (Å²) < 4.78 is 0.794. The van der Waals surface area contributed by atoms with Crippen LogP contribution in [0.5, 0.6) is 0 Å². The van der Waals surface area contributed by atoms with Crippen LogP contribution < -0.4 is 10.0 Å². The molecule has 0 radical (unpaired) electrons. The molecule has 3 rings (SSSR count). The van der Waals surface area contributed by atoms with Crippen molar-refractivity contribution in [3.05, 3.63) is 69.3 Å². The number of thiazole rings is 1. The van der Waals surface area contributed by atoms with Gasteiger partial charge in [-0.05, 0) is 18.6 Å². The van der Waals surface area contributed by atoms with Crippen molar-refractivity contribution in [2.45, 2.75) is 19.1 Å². The molecule has 6 nitrogen and oxygen atoms in total. The minimum Gasteiger partial charge on any atom is -0.740 e. The van der Waals surface area contributed by atoms with Crippen molar-refractivity contribution in [2.24, 2.45) is 0 Å². The zero-order chi connectivity index (χ0) is 17.5. The van der Waals surface area contributed by atoms with Crippen LogP contribution in [-0.2, 0) is 12.2 Å². The van der Waals surface area contributed by atoms with Gasteiger partial charge in [0, 0.05) is 47.0 Å². The van der Waals surface area contributed by atoms with Gasteiger partial charge in [-0.15, -0.1) is 11.3 Å². The number of nitrogens with one attached hydrogen (secondary N) is 1. The van der Waals surface area contributed by atoms with Crippen LogP contribution in [0, 0.1) is 12.1 Å². The molecule has 0 fully saturated rings. The molecule has 0 bridgehead atoms. The first kappa shape index (κ1) is 17.6. The molecule has 25 heavy (non-hydrogen) atoms. The van der Waals surface area contributed by atoms with Gasteiger partial charge in [-0.3, -0.25) is 10.3 Å². The van der Waals surface area contributed by atoms with Crippen molar-refractivity contribution < 1.29 is 4.73 Å². The number of hydrogen-bond acceptors (Lipinski definition) is 7. The lowest BCUT2D eigenvalue weighted by Gasteiger charge is -2.10. The molecule has 0 atom stereocenters. The summed E-state index contributed by atoms with van der Waals surface area (Å²) in [5.74, 6) is 2.12. The lowest BCUT2D eigenvalue weighted by molar-refractivity contribution is -0.593. The number of aryl methyl sites for hydroxylation is 1. The van der Waals surface area contributed by atoms with E-state index in [1.807, 2.05) is 36.8 Å². The smallest absolute Gasteiger partial charge is 0.391 e. The first-order valence-corrected chi connectivity index (χ1v) is 9.94. The van der Waals surface area contributed by atoms with E-state index in [1.165, 1.54) is 0 Å². The van der Waals surface area contributed by atoms with Gasteiger partial charge in [-0.2, -0.15) is 11.8 Å². The molecule has 130 valence electrons. The number of anilines is 1. The fourth-order valence-corrected chi connectivity index (χ4v) is 3.78. The van der Waals surface area contributed by atoms with Crippen LogP contribution in [0.1, 0.15) is 21.8 Å². The molecule has 3 aromatic heterocycles. The topological polar surface area (TPSA) is 77.6 Å². The van der Waals surface area contributed by atoms with E-state index < -0.39 is 0 Å². The Labute approximate surface area is 155 Å². The fraction of sp³-hybridized carbons (Fsp3) is 0.294. The Morgan fingerprint density at radius 1 is 1.20 bits per heavy atom. The Balaban J connectivity index is 1.47. The van der Waals surface area contributed by atoms with Crippen LogP contribution in [0.2, 0.25) is 0 Å². The van der Waals surface area contributed by atoms with E-state index in [0.717, 1.165) is 38.1 Å². The standard InChI is InChI=1S/C17H19N5OS2/c1-13-2-3-14(9-20-13)8-15-10-21-17(22(23)11-15)19-4-6-24-12-16-18-5-7-25-16/h2-3,5,7,9-11H,4,6,8,12H2,1H3,(H,19,21). The summed E-state index contributed by atoms with van der Waals surface area (Å²) in [6.07, 6.45) is 7.59. The fourth-order valence-electron chi connectivity index (χ4n) is 2.22. The highest BCUT2D eigenvalue weighted by atomic mass is 32.2. The molecule has 0 saturated heterocycles. The van der Waals surface area contributed by atoms with E-state index >= 15 is 0 Å². The minimum atomic E-state index is 0.334. The van der Waals surface area contributed by atoms with Gasteiger partial charge >= 0.3 is 5.95 Å². The average molecular weight is 374 g/mol. The van der Waals surface area contributed by atoms with Crippen molar-refractivity contribution in [1.82, 2.24) is 15.0 Å². The SMILES string of the molecule is Cc1ccc(Cc2cnc(NCCSCc3nccs3)[n+]([O-])c2)cn1. The van der Waals surface area contributed by atoms with E-state index in [2.05, 4.69) is 20.3 Å². The van der Waals surface area contributed by atoms with Crippen molar-refractivity contribution in [2.75, 3.05) is 17.6 Å². The molecule has 0 amide bonds. The van der Waals surface area contributed by atoms with Gasteiger partial charge in [-0.1, -0.05) is 11.1 Å². The molecule has 0 aliphatic heterocycles. The van der Waals surface area contributed by atoms with Gasteiger partial charge in [0.1, 0.15) is 11.2 Å². The van der Waals surface area contributed by atoms with Crippen LogP contribution >= 0.6 is 23.1 Å². The van der Waals surface area contributed by atoms with Gasteiger partial charge < -0.3 is 5.21 Å². The van der Waals surface area contributed by atoms with Gasteiger partial charge in [-0.25, -0.2) is 9.71 Å². The maximum Gasteiger partial charge on any atom is 0.391 e. The van der Waals surface area contributed by atoms with E-state index in [0.29, 0.717) is 18.9 Å². The summed E-state index contributed by atoms with van der Waals surface area (Å²) in [6, 6.07) is 3.98. The summed E-state index contributed by atoms with van der Waals surface area (Å²) in [5, 5.41) is 18.3. The van der Waals surface area contributed by atoms with Crippen molar-refractivity contribution in [1.29, 1.82) is 0 Å². The van der Waals surface area contributed by atoms with Crippen LogP contribution in [0.4, 0.5) is 5.95 Å². The van der Waals surface area contributed by atoms with Crippen LogP contribution in [-0.4, -0.2) is 27.2 Å². The second-order valence-electron chi connectivity index (χ2n) is 5.50. The summed E-state index contributed by atoms with van der Waals surface area (Å²) in [6.45, 7) is 2.64. The maximum absolute atomic E-state index is 12.1. The zero-order valence-corrected chi connectivity index (χ0v) is 15.5.